The van der Waals surface area contributed by atoms with Gasteiger partial charge in [-0.15, -0.1) is 0 Å². The molecule has 1 fully saturated rings. The van der Waals surface area contributed by atoms with E-state index in [0.29, 0.717) is 5.92 Å². The zero-order valence-electron chi connectivity index (χ0n) is 13.9. The zero-order valence-corrected chi connectivity index (χ0v) is 14.7. The number of nitrogens with one attached hydrogen (secondary N) is 4. The summed E-state index contributed by atoms with van der Waals surface area (Å²) in [4.78, 5) is 7.44. The van der Waals surface area contributed by atoms with Crippen LogP contribution in [0.5, 0.6) is 0 Å². The molecule has 7 heteroatoms. The van der Waals surface area contributed by atoms with Gasteiger partial charge in [0.25, 0.3) is 0 Å². The lowest BCUT2D eigenvalue weighted by Crippen LogP contribution is -2.41. The molecule has 1 saturated heterocycles. The Bertz CT molecular complexity index is 704. The van der Waals surface area contributed by atoms with Crippen LogP contribution in [0.3, 0.4) is 0 Å². The van der Waals surface area contributed by atoms with Crippen molar-refractivity contribution in [1.82, 2.24) is 15.6 Å². The maximum absolute atomic E-state index is 14.3. The maximum Gasteiger partial charge on any atom is 0.153 e. The van der Waals surface area contributed by atoms with Crippen molar-refractivity contribution in [2.75, 3.05) is 25.0 Å². The van der Waals surface area contributed by atoms with Crippen LogP contribution in [0.15, 0.2) is 29.4 Å². The summed E-state index contributed by atoms with van der Waals surface area (Å²) in [6.07, 6.45) is 10.3. The Kier molecular flexibility index (Phi) is 4.92. The Morgan fingerprint density at radius 2 is 2.16 bits per heavy atom. The molecule has 3 atom stereocenters. The molecule has 1 aliphatic carbocycles. The molecule has 0 saturated carbocycles. The zero-order chi connectivity index (χ0) is 17.2. The third kappa shape index (κ3) is 3.66. The first-order valence-corrected chi connectivity index (χ1v) is 9.29. The highest BCUT2D eigenvalue weighted by molar-refractivity contribution is 6.30. The van der Waals surface area contributed by atoms with Crippen LogP contribution in [0, 0.1) is 5.92 Å². The summed E-state index contributed by atoms with van der Waals surface area (Å²) < 4.78 is 14.3. The van der Waals surface area contributed by atoms with Gasteiger partial charge in [0.05, 0.1) is 11.7 Å². The number of allylic oxidation sites excluding steroid dienone is 2. The van der Waals surface area contributed by atoms with Gasteiger partial charge in [0, 0.05) is 18.0 Å². The molecule has 4 N–H and O–H groups in total. The third-order valence-electron chi connectivity index (χ3n) is 5.05. The number of aliphatic imine (C=N–C) groups is 1. The fourth-order valence-electron chi connectivity index (χ4n) is 3.60. The molecular formula is C18H23ClFN5. The minimum atomic E-state index is -1.01. The van der Waals surface area contributed by atoms with Crippen molar-refractivity contribution in [3.05, 3.63) is 30.0 Å². The van der Waals surface area contributed by atoms with Gasteiger partial charge in [0.15, 0.2) is 5.82 Å². The van der Waals surface area contributed by atoms with E-state index in [9.17, 15) is 4.39 Å². The number of nitrogens with zero attached hydrogens (tertiary/aromatic N) is 1. The molecule has 0 radical (unpaired) electrons. The van der Waals surface area contributed by atoms with Crippen molar-refractivity contribution in [2.24, 2.45) is 10.9 Å². The van der Waals surface area contributed by atoms with Crippen LogP contribution < -0.4 is 16.0 Å². The monoisotopic (exact) mass is 363 g/mol. The largest absolute Gasteiger partial charge is 0.361 e. The molecular weight excluding hydrogens is 341 g/mol. The normalized spacial score (nSPS) is 29.2. The number of hydrogen-bond acceptors (Lipinski definition) is 4. The lowest BCUT2D eigenvalue weighted by Gasteiger charge is -2.27. The fourth-order valence-corrected chi connectivity index (χ4v) is 3.76. The van der Waals surface area contributed by atoms with Crippen LogP contribution >= 0.6 is 11.6 Å². The first-order valence-electron chi connectivity index (χ1n) is 8.85. The molecule has 3 unspecified atom stereocenters. The lowest BCUT2D eigenvalue weighted by molar-refractivity contribution is 0.296. The molecule has 0 spiro atoms. The van der Waals surface area contributed by atoms with Gasteiger partial charge in [-0.1, -0.05) is 23.8 Å². The van der Waals surface area contributed by atoms with Gasteiger partial charge in [-0.3, -0.25) is 0 Å². The average Bonchev–Trinajstić information content (AvgIpc) is 3.05. The highest BCUT2D eigenvalue weighted by Crippen LogP contribution is 2.37. The van der Waals surface area contributed by atoms with Crippen molar-refractivity contribution < 1.29 is 4.39 Å². The van der Waals surface area contributed by atoms with E-state index in [1.54, 1.807) is 12.3 Å². The number of aromatic nitrogens is 1. The van der Waals surface area contributed by atoms with Gasteiger partial charge < -0.3 is 20.9 Å². The summed E-state index contributed by atoms with van der Waals surface area (Å²) in [6, 6.07) is -0.306. The number of rotatable bonds is 4. The van der Waals surface area contributed by atoms with Crippen LogP contribution in [-0.2, 0) is 0 Å². The Morgan fingerprint density at radius 3 is 3.00 bits per heavy atom. The number of fused-ring (bicyclic) bond motifs is 1. The van der Waals surface area contributed by atoms with E-state index < -0.39 is 6.17 Å². The summed E-state index contributed by atoms with van der Waals surface area (Å²) >= 11 is 6.11. The van der Waals surface area contributed by atoms with Crippen LogP contribution in [0.25, 0.3) is 5.57 Å². The van der Waals surface area contributed by atoms with Gasteiger partial charge >= 0.3 is 0 Å². The van der Waals surface area contributed by atoms with Crippen molar-refractivity contribution in [2.45, 2.75) is 30.6 Å². The minimum Gasteiger partial charge on any atom is -0.361 e. The van der Waals surface area contributed by atoms with E-state index in [1.165, 1.54) is 0 Å². The van der Waals surface area contributed by atoms with E-state index in [-0.39, 0.29) is 11.5 Å². The Balaban J connectivity index is 1.49. The number of piperidine rings is 1. The Morgan fingerprint density at radius 1 is 1.32 bits per heavy atom. The van der Waals surface area contributed by atoms with Crippen molar-refractivity contribution in [1.29, 1.82) is 0 Å². The lowest BCUT2D eigenvalue weighted by atomic mass is 9.94. The second-order valence-corrected chi connectivity index (χ2v) is 7.27. The minimum absolute atomic E-state index is 0.306. The summed E-state index contributed by atoms with van der Waals surface area (Å²) in [5, 5.41) is 9.97. The first-order chi connectivity index (χ1) is 12.2. The van der Waals surface area contributed by atoms with E-state index in [0.717, 1.165) is 55.1 Å². The second kappa shape index (κ2) is 7.32. The van der Waals surface area contributed by atoms with Gasteiger partial charge in [-0.2, -0.15) is 0 Å². The predicted molar refractivity (Wildman–Crippen MR) is 102 cm³/mol. The average molecular weight is 364 g/mol. The Labute approximate surface area is 151 Å². The third-order valence-corrected chi connectivity index (χ3v) is 5.27. The fraction of sp³-hybridized carbons (Fsp3) is 0.500. The van der Waals surface area contributed by atoms with Crippen molar-refractivity contribution in [3.8, 4) is 0 Å². The topological polar surface area (TPSA) is 64.2 Å². The standard InChI is InChI=1S/C18H23ClFN5/c19-16-10-24-18-17(25-16)13(9-23-18)12-1-2-14(20)15(7-12)22-8-11-3-5-21-6-4-11/h1-2,7,9-11,14-16,21-23,25H,3-6,8H2. The van der Waals surface area contributed by atoms with Crippen LogP contribution in [-0.4, -0.2) is 48.5 Å². The molecule has 3 aliphatic rings. The number of hydrogen-bond donors (Lipinski definition) is 4. The Hall–Kier alpha value is -1.63. The first kappa shape index (κ1) is 16.8. The molecule has 3 heterocycles. The van der Waals surface area contributed by atoms with Gasteiger partial charge in [0.1, 0.15) is 11.7 Å². The molecule has 1 aromatic heterocycles. The molecule has 0 aromatic carbocycles. The summed E-state index contributed by atoms with van der Waals surface area (Å²) in [5.74, 6) is 1.37. The van der Waals surface area contributed by atoms with Gasteiger partial charge in [0.2, 0.25) is 0 Å². The molecule has 5 nitrogen and oxygen atoms in total. The predicted octanol–water partition coefficient (Wildman–Crippen LogP) is 2.96. The van der Waals surface area contributed by atoms with Crippen molar-refractivity contribution in [3.63, 3.8) is 0 Å². The maximum atomic E-state index is 14.3. The molecule has 0 amide bonds. The van der Waals surface area contributed by atoms with E-state index in [2.05, 4.69) is 25.9 Å². The van der Waals surface area contributed by atoms with Crippen LogP contribution in [0.4, 0.5) is 15.9 Å². The molecule has 25 heavy (non-hydrogen) atoms. The summed E-state index contributed by atoms with van der Waals surface area (Å²) in [7, 11) is 0. The van der Waals surface area contributed by atoms with E-state index >= 15 is 0 Å². The highest BCUT2D eigenvalue weighted by atomic mass is 35.5. The molecule has 4 rings (SSSR count). The number of anilines is 1. The summed E-state index contributed by atoms with van der Waals surface area (Å²) in [6.45, 7) is 2.96. The van der Waals surface area contributed by atoms with Crippen LogP contribution in [0.2, 0.25) is 0 Å². The summed E-state index contributed by atoms with van der Waals surface area (Å²) in [5.41, 5.74) is 2.47. The second-order valence-electron chi connectivity index (χ2n) is 6.80. The van der Waals surface area contributed by atoms with Crippen LogP contribution in [0.1, 0.15) is 18.4 Å². The van der Waals surface area contributed by atoms with E-state index in [4.69, 9.17) is 11.6 Å². The highest BCUT2D eigenvalue weighted by Gasteiger charge is 2.25. The molecule has 1 aromatic rings. The smallest absolute Gasteiger partial charge is 0.153 e. The van der Waals surface area contributed by atoms with Gasteiger partial charge in [-0.25, -0.2) is 9.38 Å². The number of H-pyrrole nitrogens is 1. The van der Waals surface area contributed by atoms with E-state index in [1.807, 2.05) is 18.3 Å². The molecule has 134 valence electrons. The molecule has 2 aliphatic heterocycles. The molecule has 0 bridgehead atoms. The number of alkyl halides is 2. The SMILES string of the molecule is FC1C=CC(c2c[nH]c3c2NC(Cl)C=N3)=CC1NCC1CCNCC1. The quantitative estimate of drug-likeness (QED) is 0.491. The van der Waals surface area contributed by atoms with Gasteiger partial charge in [-0.05, 0) is 50.0 Å². The number of aromatic amines is 1. The number of halogens is 2. The van der Waals surface area contributed by atoms with Crippen molar-refractivity contribution >= 4 is 34.9 Å².